The molecule has 2 rings (SSSR count). The van der Waals surface area contributed by atoms with Gasteiger partial charge in [0.05, 0.1) is 22.6 Å². The van der Waals surface area contributed by atoms with Crippen LogP contribution in [0.3, 0.4) is 0 Å². The highest BCUT2D eigenvalue weighted by Gasteiger charge is 2.15. The summed E-state index contributed by atoms with van der Waals surface area (Å²) in [5, 5.41) is 0. The zero-order valence-corrected chi connectivity index (χ0v) is 10.4. The number of carbonyl (C=O) groups excluding carboxylic acids is 1. The van der Waals surface area contributed by atoms with Crippen LogP contribution in [0.25, 0.3) is 0 Å². The summed E-state index contributed by atoms with van der Waals surface area (Å²) in [4.78, 5) is 16.7. The third-order valence-corrected chi connectivity index (χ3v) is 3.02. The Morgan fingerprint density at radius 2 is 2.24 bits per heavy atom. The topological polar surface area (TPSA) is 39.2 Å². The van der Waals surface area contributed by atoms with Crippen molar-refractivity contribution < 1.29 is 9.53 Å². The van der Waals surface area contributed by atoms with Gasteiger partial charge in [0.2, 0.25) is 5.78 Å². The summed E-state index contributed by atoms with van der Waals surface area (Å²) in [6.07, 6.45) is 2.51. The van der Waals surface area contributed by atoms with Crippen LogP contribution in [0.4, 0.5) is 0 Å². The monoisotopic (exact) mass is 247 g/mol. The van der Waals surface area contributed by atoms with E-state index in [1.165, 1.54) is 11.3 Å². The summed E-state index contributed by atoms with van der Waals surface area (Å²) in [7, 11) is 0. The van der Waals surface area contributed by atoms with Gasteiger partial charge in [0.15, 0.2) is 0 Å². The van der Waals surface area contributed by atoms with Gasteiger partial charge in [-0.05, 0) is 18.6 Å². The van der Waals surface area contributed by atoms with Crippen molar-refractivity contribution in [1.82, 2.24) is 4.98 Å². The van der Waals surface area contributed by atoms with E-state index in [0.717, 1.165) is 6.42 Å². The Hall–Kier alpha value is -1.68. The van der Waals surface area contributed by atoms with Gasteiger partial charge in [0.25, 0.3) is 0 Å². The molecule has 17 heavy (non-hydrogen) atoms. The van der Waals surface area contributed by atoms with Crippen molar-refractivity contribution in [2.45, 2.75) is 13.3 Å². The Morgan fingerprint density at radius 3 is 2.94 bits per heavy atom. The number of hydrogen-bond donors (Lipinski definition) is 0. The second kappa shape index (κ2) is 5.59. The predicted molar refractivity (Wildman–Crippen MR) is 67.8 cm³/mol. The van der Waals surface area contributed by atoms with Gasteiger partial charge in [-0.15, -0.1) is 11.3 Å². The molecule has 0 N–H and O–H groups in total. The number of nitrogens with zero attached hydrogens (tertiary/aromatic N) is 1. The van der Waals surface area contributed by atoms with Crippen LogP contribution < -0.4 is 4.74 Å². The van der Waals surface area contributed by atoms with E-state index in [1.807, 2.05) is 25.1 Å². The molecule has 0 fully saturated rings. The fraction of sp³-hybridized carbons (Fsp3) is 0.231. The Balaban J connectivity index is 2.28. The number of benzene rings is 1. The molecule has 0 amide bonds. The number of para-hydroxylation sites is 1. The van der Waals surface area contributed by atoms with Crippen molar-refractivity contribution in [2.24, 2.45) is 0 Å². The van der Waals surface area contributed by atoms with Crippen LogP contribution in [-0.4, -0.2) is 17.4 Å². The fourth-order valence-electron chi connectivity index (χ4n) is 1.45. The molecule has 2 aromatic rings. The molecule has 1 heterocycles. The molecule has 4 heteroatoms. The van der Waals surface area contributed by atoms with E-state index in [0.29, 0.717) is 22.8 Å². The van der Waals surface area contributed by atoms with E-state index < -0.39 is 0 Å². The van der Waals surface area contributed by atoms with Crippen LogP contribution in [0.15, 0.2) is 36.0 Å². The maximum absolute atomic E-state index is 12.2. The van der Waals surface area contributed by atoms with Crippen molar-refractivity contribution in [3.63, 3.8) is 0 Å². The SMILES string of the molecule is CCCOc1ccccc1C(=O)c1cncs1. The molecule has 0 unspecified atom stereocenters. The minimum absolute atomic E-state index is 0.0285. The van der Waals surface area contributed by atoms with Crippen molar-refractivity contribution in [1.29, 1.82) is 0 Å². The normalized spacial score (nSPS) is 10.2. The van der Waals surface area contributed by atoms with Crippen molar-refractivity contribution in [2.75, 3.05) is 6.61 Å². The number of carbonyl (C=O) groups is 1. The van der Waals surface area contributed by atoms with Gasteiger partial charge >= 0.3 is 0 Å². The summed E-state index contributed by atoms with van der Waals surface area (Å²) in [5.74, 6) is 0.618. The van der Waals surface area contributed by atoms with Gasteiger partial charge in [0.1, 0.15) is 5.75 Å². The summed E-state index contributed by atoms with van der Waals surface area (Å²) >= 11 is 1.34. The first-order chi connectivity index (χ1) is 8.33. The number of thiazole rings is 1. The molecule has 0 atom stereocenters. The van der Waals surface area contributed by atoms with Crippen LogP contribution in [0.5, 0.6) is 5.75 Å². The van der Waals surface area contributed by atoms with Gasteiger partial charge in [-0.3, -0.25) is 9.78 Å². The highest BCUT2D eigenvalue weighted by molar-refractivity contribution is 7.11. The first-order valence-electron chi connectivity index (χ1n) is 5.48. The molecule has 0 spiro atoms. The first kappa shape index (κ1) is 11.8. The first-order valence-corrected chi connectivity index (χ1v) is 6.36. The van der Waals surface area contributed by atoms with Crippen molar-refractivity contribution in [3.05, 3.63) is 46.4 Å². The fourth-order valence-corrected chi connectivity index (χ4v) is 2.03. The Morgan fingerprint density at radius 1 is 1.41 bits per heavy atom. The lowest BCUT2D eigenvalue weighted by Crippen LogP contribution is -2.04. The summed E-state index contributed by atoms with van der Waals surface area (Å²) < 4.78 is 5.57. The molecule has 0 saturated carbocycles. The van der Waals surface area contributed by atoms with E-state index in [2.05, 4.69) is 4.98 Å². The Labute approximate surface area is 104 Å². The molecule has 0 aliphatic carbocycles. The quantitative estimate of drug-likeness (QED) is 0.762. The molecular weight excluding hydrogens is 234 g/mol. The van der Waals surface area contributed by atoms with Gasteiger partial charge in [-0.1, -0.05) is 19.1 Å². The molecule has 1 aromatic carbocycles. The van der Waals surface area contributed by atoms with Gasteiger partial charge < -0.3 is 4.74 Å². The molecule has 1 aromatic heterocycles. The number of aromatic nitrogens is 1. The number of rotatable bonds is 5. The summed E-state index contributed by atoms with van der Waals surface area (Å²) in [6, 6.07) is 7.32. The third-order valence-electron chi connectivity index (χ3n) is 2.25. The smallest absolute Gasteiger partial charge is 0.208 e. The second-order valence-corrected chi connectivity index (χ2v) is 4.43. The predicted octanol–water partition coefficient (Wildman–Crippen LogP) is 3.16. The minimum Gasteiger partial charge on any atom is -0.493 e. The van der Waals surface area contributed by atoms with Crippen LogP contribution in [-0.2, 0) is 0 Å². The van der Waals surface area contributed by atoms with Crippen LogP contribution in [0, 0.1) is 0 Å². The van der Waals surface area contributed by atoms with Gasteiger partial charge in [0, 0.05) is 6.20 Å². The average molecular weight is 247 g/mol. The van der Waals surface area contributed by atoms with Gasteiger partial charge in [-0.2, -0.15) is 0 Å². The Bertz CT molecular complexity index is 494. The van der Waals surface area contributed by atoms with E-state index in [4.69, 9.17) is 4.74 Å². The van der Waals surface area contributed by atoms with E-state index >= 15 is 0 Å². The Kier molecular flexibility index (Phi) is 3.88. The molecule has 0 bridgehead atoms. The van der Waals surface area contributed by atoms with E-state index in [-0.39, 0.29) is 5.78 Å². The lowest BCUT2D eigenvalue weighted by molar-refractivity contribution is 0.103. The maximum atomic E-state index is 12.2. The second-order valence-electron chi connectivity index (χ2n) is 3.54. The van der Waals surface area contributed by atoms with Crippen LogP contribution in [0.2, 0.25) is 0 Å². The summed E-state index contributed by atoms with van der Waals surface area (Å²) in [6.45, 7) is 2.65. The number of ether oxygens (including phenoxy) is 1. The lowest BCUT2D eigenvalue weighted by Gasteiger charge is -2.08. The molecule has 88 valence electrons. The lowest BCUT2D eigenvalue weighted by atomic mass is 10.1. The van der Waals surface area contributed by atoms with E-state index in [9.17, 15) is 4.79 Å². The van der Waals surface area contributed by atoms with Crippen molar-refractivity contribution in [3.8, 4) is 5.75 Å². The molecular formula is C13H13NO2S. The zero-order chi connectivity index (χ0) is 12.1. The highest BCUT2D eigenvalue weighted by atomic mass is 32.1. The number of hydrogen-bond acceptors (Lipinski definition) is 4. The third kappa shape index (κ3) is 2.71. The van der Waals surface area contributed by atoms with Crippen molar-refractivity contribution >= 4 is 17.1 Å². The molecule has 0 aliphatic rings. The van der Waals surface area contributed by atoms with Crippen LogP contribution in [0.1, 0.15) is 28.6 Å². The molecule has 0 radical (unpaired) electrons. The molecule has 0 saturated heterocycles. The minimum atomic E-state index is -0.0285. The molecule has 0 aliphatic heterocycles. The standard InChI is InChI=1S/C13H13NO2S/c1-2-7-16-11-6-4-3-5-10(11)13(15)12-8-14-9-17-12/h3-6,8-9H,2,7H2,1H3. The van der Waals surface area contributed by atoms with E-state index in [1.54, 1.807) is 17.8 Å². The molecule has 3 nitrogen and oxygen atoms in total. The largest absolute Gasteiger partial charge is 0.493 e. The summed E-state index contributed by atoms with van der Waals surface area (Å²) in [5.41, 5.74) is 2.26. The zero-order valence-electron chi connectivity index (χ0n) is 9.55. The highest BCUT2D eigenvalue weighted by Crippen LogP contribution is 2.23. The van der Waals surface area contributed by atoms with Crippen LogP contribution >= 0.6 is 11.3 Å². The van der Waals surface area contributed by atoms with Gasteiger partial charge in [-0.25, -0.2) is 0 Å². The average Bonchev–Trinajstić information content (AvgIpc) is 2.89. The maximum Gasteiger partial charge on any atom is 0.208 e. The number of ketones is 1.